The van der Waals surface area contributed by atoms with E-state index in [9.17, 15) is 22.4 Å². The highest BCUT2D eigenvalue weighted by molar-refractivity contribution is 5.83. The van der Waals surface area contributed by atoms with Crippen LogP contribution in [-0.2, 0) is 18.4 Å². The number of nitrogens with one attached hydrogen (secondary N) is 1. The zero-order valence-electron chi connectivity index (χ0n) is 8.25. The van der Waals surface area contributed by atoms with Crippen molar-refractivity contribution in [1.29, 1.82) is 0 Å². The van der Waals surface area contributed by atoms with Crippen LogP contribution in [0, 0.1) is 0 Å². The van der Waals surface area contributed by atoms with Gasteiger partial charge in [-0.15, -0.1) is 0 Å². The van der Waals surface area contributed by atoms with Crippen molar-refractivity contribution in [3.63, 3.8) is 0 Å². The average Bonchev–Trinajstić information content (AvgIpc) is 2.60. The number of alkyl halides is 4. The fourth-order valence-electron chi connectivity index (χ4n) is 0.962. The number of hydrogen-bond donors (Lipinski definition) is 1. The Bertz CT molecular complexity index is 377. The minimum Gasteiger partial charge on any atom is -0.346 e. The van der Waals surface area contributed by atoms with Crippen molar-refractivity contribution in [2.24, 2.45) is 7.05 Å². The molecular formula is C8H9F4N3O. The molecule has 0 saturated heterocycles. The molecule has 1 N–H and O–H groups in total. The first-order valence-corrected chi connectivity index (χ1v) is 4.26. The van der Waals surface area contributed by atoms with Gasteiger partial charge in [0, 0.05) is 25.4 Å². The Morgan fingerprint density at radius 3 is 2.69 bits per heavy atom. The molecule has 1 aromatic heterocycles. The number of carbonyl (C=O) groups is 1. The van der Waals surface area contributed by atoms with Gasteiger partial charge in [-0.1, -0.05) is 0 Å². The molecule has 0 aromatic carbocycles. The standard InChI is InChI=1S/C8H9F4N3O/c1-15-4-5(3-14-15)2-13-7(16)8(11,12)6(9)10/h3-4,6H,2H2,1H3,(H,13,16). The predicted octanol–water partition coefficient (Wildman–Crippen LogP) is 0.937. The van der Waals surface area contributed by atoms with Gasteiger partial charge in [0.25, 0.3) is 5.91 Å². The van der Waals surface area contributed by atoms with Gasteiger partial charge in [0.15, 0.2) is 0 Å². The van der Waals surface area contributed by atoms with E-state index in [1.807, 2.05) is 0 Å². The Kier molecular flexibility index (Phi) is 3.51. The number of amides is 1. The number of rotatable bonds is 4. The van der Waals surface area contributed by atoms with Crippen molar-refractivity contribution in [2.75, 3.05) is 0 Å². The molecule has 4 nitrogen and oxygen atoms in total. The zero-order chi connectivity index (χ0) is 12.3. The Morgan fingerprint density at radius 1 is 1.62 bits per heavy atom. The van der Waals surface area contributed by atoms with Gasteiger partial charge in [0.2, 0.25) is 0 Å². The topological polar surface area (TPSA) is 46.9 Å². The van der Waals surface area contributed by atoms with Gasteiger partial charge in [-0.3, -0.25) is 9.48 Å². The summed E-state index contributed by atoms with van der Waals surface area (Å²) in [6.45, 7) is -0.269. The van der Waals surface area contributed by atoms with Gasteiger partial charge in [-0.05, 0) is 0 Å². The first kappa shape index (κ1) is 12.5. The number of aromatic nitrogens is 2. The second-order valence-electron chi connectivity index (χ2n) is 3.13. The van der Waals surface area contributed by atoms with E-state index in [0.717, 1.165) is 0 Å². The normalized spacial score (nSPS) is 11.9. The fraction of sp³-hybridized carbons (Fsp3) is 0.500. The lowest BCUT2D eigenvalue weighted by molar-refractivity contribution is -0.169. The fourth-order valence-corrected chi connectivity index (χ4v) is 0.962. The van der Waals surface area contributed by atoms with Gasteiger partial charge in [-0.2, -0.15) is 13.9 Å². The van der Waals surface area contributed by atoms with E-state index in [2.05, 4.69) is 5.10 Å². The molecule has 8 heteroatoms. The molecule has 0 bridgehead atoms. The van der Waals surface area contributed by atoms with Gasteiger partial charge in [0.05, 0.1) is 6.20 Å². The van der Waals surface area contributed by atoms with Crippen LogP contribution in [0.4, 0.5) is 17.6 Å². The maximum Gasteiger partial charge on any atom is 0.383 e. The summed E-state index contributed by atoms with van der Waals surface area (Å²) in [6.07, 6.45) is -1.21. The van der Waals surface area contributed by atoms with Gasteiger partial charge in [0.1, 0.15) is 0 Å². The van der Waals surface area contributed by atoms with E-state index >= 15 is 0 Å². The van der Waals surface area contributed by atoms with Crippen molar-refractivity contribution in [3.8, 4) is 0 Å². The minimum absolute atomic E-state index is 0.269. The molecule has 90 valence electrons. The molecule has 0 aliphatic rings. The number of nitrogens with zero attached hydrogens (tertiary/aromatic N) is 2. The molecule has 1 rings (SSSR count). The molecule has 1 amide bonds. The SMILES string of the molecule is Cn1cc(CNC(=O)C(F)(F)C(F)F)cn1. The third kappa shape index (κ3) is 2.71. The van der Waals surface area contributed by atoms with Crippen LogP contribution in [0.15, 0.2) is 12.4 Å². The van der Waals surface area contributed by atoms with Crippen LogP contribution in [0.2, 0.25) is 0 Å². The van der Waals surface area contributed by atoms with Crippen LogP contribution in [0.3, 0.4) is 0 Å². The van der Waals surface area contributed by atoms with E-state index in [1.54, 1.807) is 12.4 Å². The maximum atomic E-state index is 12.5. The van der Waals surface area contributed by atoms with Gasteiger partial charge < -0.3 is 5.32 Å². The smallest absolute Gasteiger partial charge is 0.346 e. The zero-order valence-corrected chi connectivity index (χ0v) is 8.25. The molecule has 0 radical (unpaired) electrons. The summed E-state index contributed by atoms with van der Waals surface area (Å²) in [5.41, 5.74) is 0.445. The van der Waals surface area contributed by atoms with Crippen molar-refractivity contribution in [1.82, 2.24) is 15.1 Å². The lowest BCUT2D eigenvalue weighted by atomic mass is 10.3. The van der Waals surface area contributed by atoms with Crippen molar-refractivity contribution in [2.45, 2.75) is 18.9 Å². The maximum absolute atomic E-state index is 12.5. The summed E-state index contributed by atoms with van der Waals surface area (Å²) in [7, 11) is 1.60. The van der Waals surface area contributed by atoms with Crippen molar-refractivity contribution >= 4 is 5.91 Å². The minimum atomic E-state index is -4.66. The Hall–Kier alpha value is -1.60. The molecule has 0 atom stereocenters. The van der Waals surface area contributed by atoms with Crippen LogP contribution in [0.5, 0.6) is 0 Å². The molecule has 0 fully saturated rings. The summed E-state index contributed by atoms with van der Waals surface area (Å²) in [4.78, 5) is 10.7. The molecule has 0 unspecified atom stereocenters. The van der Waals surface area contributed by atoms with Crippen LogP contribution >= 0.6 is 0 Å². The van der Waals surface area contributed by atoms with E-state index in [4.69, 9.17) is 0 Å². The molecule has 1 heterocycles. The van der Waals surface area contributed by atoms with Gasteiger partial charge in [-0.25, -0.2) is 8.78 Å². The molecule has 1 aromatic rings. The average molecular weight is 239 g/mol. The summed E-state index contributed by atoms with van der Waals surface area (Å²) in [6, 6.07) is 0. The number of carbonyl (C=O) groups excluding carboxylic acids is 1. The first-order chi connectivity index (χ1) is 7.34. The van der Waals surface area contributed by atoms with E-state index in [-0.39, 0.29) is 6.54 Å². The van der Waals surface area contributed by atoms with Crippen LogP contribution < -0.4 is 5.32 Å². The number of hydrogen-bond acceptors (Lipinski definition) is 2. The van der Waals surface area contributed by atoms with Crippen LogP contribution in [0.1, 0.15) is 5.56 Å². The molecule has 0 saturated carbocycles. The molecular weight excluding hydrogens is 230 g/mol. The third-order valence-electron chi connectivity index (χ3n) is 1.79. The van der Waals surface area contributed by atoms with Crippen LogP contribution in [-0.4, -0.2) is 28.0 Å². The Morgan fingerprint density at radius 2 is 2.25 bits per heavy atom. The highest BCUT2D eigenvalue weighted by atomic mass is 19.3. The molecule has 0 spiro atoms. The second-order valence-corrected chi connectivity index (χ2v) is 3.13. The van der Waals surface area contributed by atoms with Crippen molar-refractivity contribution < 1.29 is 22.4 Å². The Balaban J connectivity index is 2.53. The highest BCUT2D eigenvalue weighted by Gasteiger charge is 2.48. The summed E-state index contributed by atoms with van der Waals surface area (Å²) < 4.78 is 49.9. The van der Waals surface area contributed by atoms with Crippen LogP contribution in [0.25, 0.3) is 0 Å². The first-order valence-electron chi connectivity index (χ1n) is 4.26. The monoisotopic (exact) mass is 239 g/mol. The van der Waals surface area contributed by atoms with E-state index in [1.165, 1.54) is 17.1 Å². The number of halogens is 4. The van der Waals surface area contributed by atoms with E-state index < -0.39 is 18.3 Å². The Labute approximate surface area is 88.2 Å². The highest BCUT2D eigenvalue weighted by Crippen LogP contribution is 2.22. The summed E-state index contributed by atoms with van der Waals surface area (Å²) in [5, 5.41) is 5.43. The predicted molar refractivity (Wildman–Crippen MR) is 46.0 cm³/mol. The largest absolute Gasteiger partial charge is 0.383 e. The lowest BCUT2D eigenvalue weighted by Gasteiger charge is -2.14. The molecule has 0 aliphatic heterocycles. The second kappa shape index (κ2) is 4.50. The van der Waals surface area contributed by atoms with E-state index in [0.29, 0.717) is 5.56 Å². The summed E-state index contributed by atoms with van der Waals surface area (Å²) in [5.74, 6) is -6.66. The van der Waals surface area contributed by atoms with Gasteiger partial charge >= 0.3 is 12.3 Å². The molecule has 0 aliphatic carbocycles. The van der Waals surface area contributed by atoms with Crippen molar-refractivity contribution in [3.05, 3.63) is 18.0 Å². The lowest BCUT2D eigenvalue weighted by Crippen LogP contribution is -2.44. The third-order valence-corrected chi connectivity index (χ3v) is 1.79. The quantitative estimate of drug-likeness (QED) is 0.795. The molecule has 16 heavy (non-hydrogen) atoms. The summed E-state index contributed by atoms with van der Waals surface area (Å²) >= 11 is 0. The number of aryl methyl sites for hydroxylation is 1.